The normalized spacial score (nSPS) is 24.8. The summed E-state index contributed by atoms with van der Waals surface area (Å²) in [6, 6.07) is 4.71. The van der Waals surface area contributed by atoms with Gasteiger partial charge in [0.2, 0.25) is 0 Å². The first-order valence-electron chi connectivity index (χ1n) is 5.10. The molecule has 5 heteroatoms. The fourth-order valence-corrected chi connectivity index (χ4v) is 5.47. The third-order valence-corrected chi connectivity index (χ3v) is 5.75. The maximum atomic E-state index is 3.62. The van der Waals surface area contributed by atoms with Crippen molar-refractivity contribution in [2.45, 2.75) is 24.6 Å². The van der Waals surface area contributed by atoms with Gasteiger partial charge in [-0.2, -0.15) is 11.8 Å². The van der Waals surface area contributed by atoms with Crippen LogP contribution in [-0.4, -0.2) is 17.0 Å². The molecule has 1 aliphatic rings. The van der Waals surface area contributed by atoms with Crippen molar-refractivity contribution < 1.29 is 0 Å². The highest BCUT2D eigenvalue weighted by Gasteiger charge is 2.24. The summed E-state index contributed by atoms with van der Waals surface area (Å²) in [6.45, 7) is 2.29. The summed E-state index contributed by atoms with van der Waals surface area (Å²) >= 11 is 12.7. The standard InChI is InChI=1S/C11H12Br3NS/c1-6-10(2-3-16-6)15-11-8(13)4-7(12)5-9(11)14/h4-6,10,15H,2-3H2,1H3. The fourth-order valence-electron chi connectivity index (χ4n) is 1.79. The van der Waals surface area contributed by atoms with Crippen LogP contribution in [0, 0.1) is 0 Å². The van der Waals surface area contributed by atoms with Gasteiger partial charge in [-0.25, -0.2) is 0 Å². The molecule has 1 heterocycles. The molecular weight excluding hydrogens is 418 g/mol. The van der Waals surface area contributed by atoms with Gasteiger partial charge in [0, 0.05) is 24.7 Å². The third kappa shape index (κ3) is 2.98. The Morgan fingerprint density at radius 1 is 1.25 bits per heavy atom. The van der Waals surface area contributed by atoms with Gasteiger partial charge in [0.25, 0.3) is 0 Å². The molecule has 2 atom stereocenters. The van der Waals surface area contributed by atoms with Crippen molar-refractivity contribution >= 4 is 65.2 Å². The molecule has 1 aromatic carbocycles. The Morgan fingerprint density at radius 2 is 1.88 bits per heavy atom. The number of nitrogens with one attached hydrogen (secondary N) is 1. The van der Waals surface area contributed by atoms with E-state index in [0.717, 1.165) is 19.1 Å². The Morgan fingerprint density at radius 3 is 2.38 bits per heavy atom. The van der Waals surface area contributed by atoms with Gasteiger partial charge in [0.05, 0.1) is 5.69 Å². The third-order valence-electron chi connectivity index (χ3n) is 2.71. The van der Waals surface area contributed by atoms with Crippen LogP contribution in [0.1, 0.15) is 13.3 Å². The second-order valence-electron chi connectivity index (χ2n) is 3.86. The molecule has 0 aromatic heterocycles. The predicted molar refractivity (Wildman–Crippen MR) is 83.5 cm³/mol. The quantitative estimate of drug-likeness (QED) is 0.686. The molecule has 0 spiro atoms. The maximum absolute atomic E-state index is 3.62. The lowest BCUT2D eigenvalue weighted by molar-refractivity contribution is 0.723. The number of halogens is 3. The Balaban J connectivity index is 2.21. The molecule has 0 aliphatic carbocycles. The van der Waals surface area contributed by atoms with Crippen molar-refractivity contribution in [3.05, 3.63) is 25.6 Å². The lowest BCUT2D eigenvalue weighted by atomic mass is 10.1. The molecule has 1 nitrogen and oxygen atoms in total. The summed E-state index contributed by atoms with van der Waals surface area (Å²) in [6.07, 6.45) is 1.24. The van der Waals surface area contributed by atoms with Crippen LogP contribution >= 0.6 is 59.6 Å². The molecule has 2 unspecified atom stereocenters. The fraction of sp³-hybridized carbons (Fsp3) is 0.455. The molecule has 0 radical (unpaired) electrons. The van der Waals surface area contributed by atoms with Crippen LogP contribution in [0.3, 0.4) is 0 Å². The number of hydrogen-bond acceptors (Lipinski definition) is 2. The van der Waals surface area contributed by atoms with E-state index in [-0.39, 0.29) is 0 Å². The first-order chi connectivity index (χ1) is 7.58. The lowest BCUT2D eigenvalue weighted by Crippen LogP contribution is -2.25. The van der Waals surface area contributed by atoms with Crippen molar-refractivity contribution in [1.29, 1.82) is 0 Å². The highest BCUT2D eigenvalue weighted by Crippen LogP contribution is 2.37. The van der Waals surface area contributed by atoms with Crippen LogP contribution < -0.4 is 5.32 Å². The molecule has 0 bridgehead atoms. The van der Waals surface area contributed by atoms with Gasteiger partial charge in [-0.05, 0) is 56.2 Å². The van der Waals surface area contributed by atoms with Crippen molar-refractivity contribution in [2.75, 3.05) is 11.1 Å². The average Bonchev–Trinajstić information content (AvgIpc) is 2.57. The van der Waals surface area contributed by atoms with E-state index in [0.29, 0.717) is 11.3 Å². The number of anilines is 1. The minimum absolute atomic E-state index is 0.568. The van der Waals surface area contributed by atoms with E-state index < -0.39 is 0 Å². The Bertz CT molecular complexity index is 374. The first kappa shape index (κ1) is 13.2. The molecule has 1 saturated heterocycles. The summed E-state index contributed by atoms with van der Waals surface area (Å²) < 4.78 is 3.27. The highest BCUT2D eigenvalue weighted by atomic mass is 79.9. The molecular formula is C11H12Br3NS. The zero-order valence-electron chi connectivity index (χ0n) is 8.77. The van der Waals surface area contributed by atoms with Crippen LogP contribution in [-0.2, 0) is 0 Å². The first-order valence-corrected chi connectivity index (χ1v) is 8.53. The summed E-state index contributed by atoms with van der Waals surface area (Å²) in [7, 11) is 0. The van der Waals surface area contributed by atoms with E-state index in [1.54, 1.807) is 0 Å². The van der Waals surface area contributed by atoms with Crippen molar-refractivity contribution in [3.63, 3.8) is 0 Å². The van der Waals surface area contributed by atoms with E-state index in [4.69, 9.17) is 0 Å². The van der Waals surface area contributed by atoms with Gasteiger partial charge in [-0.1, -0.05) is 22.9 Å². The van der Waals surface area contributed by atoms with Crippen LogP contribution in [0.4, 0.5) is 5.69 Å². The van der Waals surface area contributed by atoms with Crippen LogP contribution in [0.5, 0.6) is 0 Å². The Hall–Kier alpha value is 0.810. The van der Waals surface area contributed by atoms with Gasteiger partial charge in [-0.15, -0.1) is 0 Å². The van der Waals surface area contributed by atoms with Crippen molar-refractivity contribution in [2.24, 2.45) is 0 Å². The van der Waals surface area contributed by atoms with Gasteiger partial charge in [0.1, 0.15) is 0 Å². The van der Waals surface area contributed by atoms with Gasteiger partial charge >= 0.3 is 0 Å². The smallest absolute Gasteiger partial charge is 0.0632 e. The molecule has 1 aromatic rings. The molecule has 1 fully saturated rings. The molecule has 2 rings (SSSR count). The molecule has 1 aliphatic heterocycles. The van der Waals surface area contributed by atoms with E-state index >= 15 is 0 Å². The summed E-state index contributed by atoms with van der Waals surface area (Å²) in [5, 5.41) is 4.30. The summed E-state index contributed by atoms with van der Waals surface area (Å²) in [5.41, 5.74) is 1.16. The largest absolute Gasteiger partial charge is 0.379 e. The molecule has 16 heavy (non-hydrogen) atoms. The van der Waals surface area contributed by atoms with Crippen LogP contribution in [0.25, 0.3) is 0 Å². The molecule has 1 N–H and O–H groups in total. The Kier molecular flexibility index (Phi) is 4.66. The molecule has 0 saturated carbocycles. The van der Waals surface area contributed by atoms with Gasteiger partial charge < -0.3 is 5.32 Å². The van der Waals surface area contributed by atoms with Crippen molar-refractivity contribution in [3.8, 4) is 0 Å². The number of hydrogen-bond donors (Lipinski definition) is 1. The van der Waals surface area contributed by atoms with E-state index in [1.807, 2.05) is 11.8 Å². The topological polar surface area (TPSA) is 12.0 Å². The minimum atomic E-state index is 0.568. The second-order valence-corrected chi connectivity index (χ2v) is 7.97. The van der Waals surface area contributed by atoms with Gasteiger partial charge in [0.15, 0.2) is 0 Å². The second kappa shape index (κ2) is 5.63. The average molecular weight is 430 g/mol. The lowest BCUT2D eigenvalue weighted by Gasteiger charge is -2.20. The number of benzene rings is 1. The zero-order chi connectivity index (χ0) is 11.7. The number of rotatable bonds is 2. The predicted octanol–water partition coefficient (Wildman–Crippen LogP) is 5.28. The summed E-state index contributed by atoms with van der Waals surface area (Å²) in [4.78, 5) is 0. The monoisotopic (exact) mass is 427 g/mol. The van der Waals surface area contributed by atoms with Crippen LogP contribution in [0.2, 0.25) is 0 Å². The van der Waals surface area contributed by atoms with Crippen LogP contribution in [0.15, 0.2) is 25.6 Å². The zero-order valence-corrected chi connectivity index (χ0v) is 14.3. The van der Waals surface area contributed by atoms with E-state index in [9.17, 15) is 0 Å². The SMILES string of the molecule is CC1SCCC1Nc1c(Br)cc(Br)cc1Br. The van der Waals surface area contributed by atoms with Crippen molar-refractivity contribution in [1.82, 2.24) is 0 Å². The van der Waals surface area contributed by atoms with E-state index in [2.05, 4.69) is 72.2 Å². The highest BCUT2D eigenvalue weighted by molar-refractivity contribution is 9.11. The van der Waals surface area contributed by atoms with Gasteiger partial charge in [-0.3, -0.25) is 0 Å². The molecule has 0 amide bonds. The molecule has 88 valence electrons. The maximum Gasteiger partial charge on any atom is 0.0632 e. The summed E-state index contributed by atoms with van der Waals surface area (Å²) in [5.74, 6) is 1.25. The van der Waals surface area contributed by atoms with E-state index in [1.165, 1.54) is 12.2 Å². The Labute approximate surface area is 126 Å². The minimum Gasteiger partial charge on any atom is -0.379 e. The number of thioether (sulfide) groups is 1.